The normalized spacial score (nSPS) is 16.4. The van der Waals surface area contributed by atoms with Gasteiger partial charge in [-0.25, -0.2) is 9.97 Å². The minimum absolute atomic E-state index is 0.796. The fourth-order valence-electron chi connectivity index (χ4n) is 4.00. The fraction of sp³-hybridized carbons (Fsp3) is 0.304. The van der Waals surface area contributed by atoms with E-state index in [2.05, 4.69) is 73.6 Å². The lowest BCUT2D eigenvalue weighted by Gasteiger charge is -2.30. The summed E-state index contributed by atoms with van der Waals surface area (Å²) in [6, 6.07) is 19.2. The summed E-state index contributed by atoms with van der Waals surface area (Å²) in [6.07, 6.45) is 2.69. The number of nitrogens with zero attached hydrogens (tertiary/aromatic N) is 4. The van der Waals surface area contributed by atoms with Gasteiger partial charge in [0, 0.05) is 43.6 Å². The average Bonchev–Trinajstić information content (AvgIpc) is 2.80. The van der Waals surface area contributed by atoms with Crippen molar-refractivity contribution in [2.75, 3.05) is 48.0 Å². The molecule has 0 radical (unpaired) electrons. The second-order valence-corrected chi connectivity index (χ2v) is 7.47. The lowest BCUT2D eigenvalue weighted by Crippen LogP contribution is -2.36. The van der Waals surface area contributed by atoms with Crippen LogP contribution in [0.3, 0.4) is 0 Å². The molecule has 1 N–H and O–H groups in total. The summed E-state index contributed by atoms with van der Waals surface area (Å²) in [7, 11) is 0. The Bertz CT molecular complexity index is 969. The molecule has 0 atom stereocenters. The third-order valence-corrected chi connectivity index (χ3v) is 5.62. The number of morpholine rings is 1. The molecule has 1 aromatic heterocycles. The number of anilines is 4. The third-order valence-electron chi connectivity index (χ3n) is 5.62. The van der Waals surface area contributed by atoms with Gasteiger partial charge in [-0.2, -0.15) is 0 Å². The Morgan fingerprint density at radius 2 is 1.62 bits per heavy atom. The summed E-state index contributed by atoms with van der Waals surface area (Å²) in [4.78, 5) is 13.6. The maximum absolute atomic E-state index is 5.43. The van der Waals surface area contributed by atoms with E-state index >= 15 is 0 Å². The highest BCUT2D eigenvalue weighted by Gasteiger charge is 2.17. The van der Waals surface area contributed by atoms with Crippen LogP contribution in [0.5, 0.6) is 0 Å². The highest BCUT2D eigenvalue weighted by atomic mass is 16.5. The van der Waals surface area contributed by atoms with Gasteiger partial charge in [0.25, 0.3) is 0 Å². The number of hydrogen-bond donors (Lipinski definition) is 1. The molecular formula is C23H25N5O. The molecule has 2 aliphatic rings. The first-order chi connectivity index (χ1) is 14.3. The van der Waals surface area contributed by atoms with Crippen LogP contribution in [0.4, 0.5) is 23.0 Å². The van der Waals surface area contributed by atoms with E-state index in [1.807, 2.05) is 6.07 Å². The molecular weight excluding hydrogens is 362 g/mol. The predicted molar refractivity (Wildman–Crippen MR) is 116 cm³/mol. The Balaban J connectivity index is 1.28. The Hall–Kier alpha value is -3.12. The van der Waals surface area contributed by atoms with Crippen molar-refractivity contribution in [3.8, 4) is 0 Å². The zero-order chi connectivity index (χ0) is 19.5. The van der Waals surface area contributed by atoms with E-state index in [1.54, 1.807) is 6.33 Å². The van der Waals surface area contributed by atoms with Crippen molar-refractivity contribution in [1.29, 1.82) is 0 Å². The van der Waals surface area contributed by atoms with Crippen LogP contribution in [0.1, 0.15) is 11.1 Å². The molecule has 1 saturated heterocycles. The van der Waals surface area contributed by atoms with E-state index in [0.717, 1.165) is 63.1 Å². The maximum atomic E-state index is 5.43. The van der Waals surface area contributed by atoms with Gasteiger partial charge in [0.2, 0.25) is 0 Å². The molecule has 2 aromatic carbocycles. The number of nitrogens with one attached hydrogen (secondary N) is 1. The molecule has 0 spiro atoms. The van der Waals surface area contributed by atoms with Gasteiger partial charge >= 0.3 is 0 Å². The Morgan fingerprint density at radius 1 is 0.828 bits per heavy atom. The molecule has 0 aliphatic carbocycles. The standard InChI is InChI=1S/C23H25N5O/c1-2-4-19-16-28(10-9-18(19)3-1)23-15-22(24-17-25-23)26-20-5-7-21(8-6-20)27-11-13-29-14-12-27/h1-8,15,17H,9-14,16H2,(H,24,25,26). The molecule has 2 aliphatic heterocycles. The Kier molecular flexibility index (Phi) is 5.01. The van der Waals surface area contributed by atoms with Gasteiger partial charge in [0.15, 0.2) is 0 Å². The molecule has 3 heterocycles. The van der Waals surface area contributed by atoms with Crippen LogP contribution in [0, 0.1) is 0 Å². The fourth-order valence-corrected chi connectivity index (χ4v) is 4.00. The monoisotopic (exact) mass is 387 g/mol. The predicted octanol–water partition coefficient (Wildman–Crippen LogP) is 3.62. The minimum Gasteiger partial charge on any atom is -0.378 e. The zero-order valence-electron chi connectivity index (χ0n) is 16.4. The first kappa shape index (κ1) is 17.9. The highest BCUT2D eigenvalue weighted by molar-refractivity contribution is 5.63. The topological polar surface area (TPSA) is 53.5 Å². The van der Waals surface area contributed by atoms with Crippen molar-refractivity contribution in [3.05, 3.63) is 72.1 Å². The summed E-state index contributed by atoms with van der Waals surface area (Å²) in [5, 5.41) is 3.41. The molecule has 3 aromatic rings. The van der Waals surface area contributed by atoms with Crippen molar-refractivity contribution in [3.63, 3.8) is 0 Å². The van der Waals surface area contributed by atoms with Gasteiger partial charge in [0.1, 0.15) is 18.0 Å². The Morgan fingerprint density at radius 3 is 2.45 bits per heavy atom. The summed E-state index contributed by atoms with van der Waals surface area (Å²) < 4.78 is 5.43. The van der Waals surface area contributed by atoms with Crippen LogP contribution in [0.25, 0.3) is 0 Å². The van der Waals surface area contributed by atoms with Gasteiger partial charge in [0.05, 0.1) is 13.2 Å². The van der Waals surface area contributed by atoms with E-state index in [-0.39, 0.29) is 0 Å². The van der Waals surface area contributed by atoms with Crippen LogP contribution < -0.4 is 15.1 Å². The van der Waals surface area contributed by atoms with E-state index in [0.29, 0.717) is 0 Å². The highest BCUT2D eigenvalue weighted by Crippen LogP contribution is 2.26. The van der Waals surface area contributed by atoms with E-state index in [4.69, 9.17) is 4.74 Å². The molecule has 0 amide bonds. The van der Waals surface area contributed by atoms with Crippen molar-refractivity contribution < 1.29 is 4.74 Å². The lowest BCUT2D eigenvalue weighted by molar-refractivity contribution is 0.122. The van der Waals surface area contributed by atoms with Gasteiger partial charge in [-0.1, -0.05) is 24.3 Å². The number of aromatic nitrogens is 2. The van der Waals surface area contributed by atoms with Crippen LogP contribution >= 0.6 is 0 Å². The van der Waals surface area contributed by atoms with E-state index < -0.39 is 0 Å². The molecule has 6 heteroatoms. The summed E-state index contributed by atoms with van der Waals surface area (Å²) >= 11 is 0. The minimum atomic E-state index is 0.796. The van der Waals surface area contributed by atoms with Gasteiger partial charge in [-0.3, -0.25) is 0 Å². The largest absolute Gasteiger partial charge is 0.378 e. The first-order valence-corrected chi connectivity index (χ1v) is 10.2. The molecule has 29 heavy (non-hydrogen) atoms. The molecule has 148 valence electrons. The van der Waals surface area contributed by atoms with Crippen molar-refractivity contribution in [2.24, 2.45) is 0 Å². The Labute approximate surface area is 171 Å². The average molecular weight is 387 g/mol. The summed E-state index contributed by atoms with van der Waals surface area (Å²) in [6.45, 7) is 5.35. The van der Waals surface area contributed by atoms with Crippen LogP contribution in [0.2, 0.25) is 0 Å². The number of ether oxygens (including phenoxy) is 1. The van der Waals surface area contributed by atoms with E-state index in [9.17, 15) is 0 Å². The smallest absolute Gasteiger partial charge is 0.135 e. The van der Waals surface area contributed by atoms with Crippen LogP contribution in [0.15, 0.2) is 60.9 Å². The molecule has 5 rings (SSSR count). The van der Waals surface area contributed by atoms with Crippen molar-refractivity contribution in [1.82, 2.24) is 9.97 Å². The second kappa shape index (κ2) is 8.09. The molecule has 1 fully saturated rings. The van der Waals surface area contributed by atoms with Crippen LogP contribution in [-0.2, 0) is 17.7 Å². The lowest BCUT2D eigenvalue weighted by atomic mass is 10.00. The van der Waals surface area contributed by atoms with Crippen molar-refractivity contribution in [2.45, 2.75) is 13.0 Å². The first-order valence-electron chi connectivity index (χ1n) is 10.2. The SMILES string of the molecule is c1ccc2c(c1)CCN(c1cc(Nc3ccc(N4CCOCC4)cc3)ncn1)C2. The number of fused-ring (bicyclic) bond motifs is 1. The van der Waals surface area contributed by atoms with Crippen molar-refractivity contribution >= 4 is 23.0 Å². The number of rotatable bonds is 4. The molecule has 6 nitrogen and oxygen atoms in total. The van der Waals surface area contributed by atoms with Gasteiger partial charge in [-0.15, -0.1) is 0 Å². The third kappa shape index (κ3) is 4.03. The number of benzene rings is 2. The summed E-state index contributed by atoms with van der Waals surface area (Å²) in [5.74, 6) is 1.77. The molecule has 0 bridgehead atoms. The molecule has 0 unspecified atom stereocenters. The van der Waals surface area contributed by atoms with Gasteiger partial charge in [-0.05, 0) is 41.8 Å². The zero-order valence-corrected chi connectivity index (χ0v) is 16.4. The number of hydrogen-bond acceptors (Lipinski definition) is 6. The van der Waals surface area contributed by atoms with E-state index in [1.165, 1.54) is 16.8 Å². The maximum Gasteiger partial charge on any atom is 0.135 e. The summed E-state index contributed by atoms with van der Waals surface area (Å²) in [5.41, 5.74) is 5.08. The second-order valence-electron chi connectivity index (χ2n) is 7.47. The quantitative estimate of drug-likeness (QED) is 0.738. The molecule has 0 saturated carbocycles. The van der Waals surface area contributed by atoms with Gasteiger partial charge < -0.3 is 19.9 Å². The van der Waals surface area contributed by atoms with Crippen LogP contribution in [-0.4, -0.2) is 42.8 Å².